The van der Waals surface area contributed by atoms with Crippen molar-refractivity contribution in [3.63, 3.8) is 0 Å². The highest BCUT2D eigenvalue weighted by atomic mass is 35.5. The number of rotatable bonds is 5. The summed E-state index contributed by atoms with van der Waals surface area (Å²) < 4.78 is 12.6. The molecule has 0 radical (unpaired) electrons. The number of halogens is 1. The summed E-state index contributed by atoms with van der Waals surface area (Å²) in [6, 6.07) is 9.38. The zero-order valence-corrected chi connectivity index (χ0v) is 18.3. The number of esters is 1. The first kappa shape index (κ1) is 20.8. The van der Waals surface area contributed by atoms with Crippen molar-refractivity contribution >= 4 is 45.0 Å². The van der Waals surface area contributed by atoms with Crippen LogP contribution in [0.5, 0.6) is 0 Å². The van der Waals surface area contributed by atoms with E-state index in [4.69, 9.17) is 21.1 Å². The lowest BCUT2D eigenvalue weighted by Crippen LogP contribution is -2.46. The molecule has 0 aliphatic carbocycles. The number of carbonyl (C=O) groups is 2. The first-order chi connectivity index (χ1) is 14.4. The molecule has 30 heavy (non-hydrogen) atoms. The van der Waals surface area contributed by atoms with Crippen LogP contribution in [0.4, 0.5) is 0 Å². The number of morpholine rings is 1. The van der Waals surface area contributed by atoms with E-state index in [9.17, 15) is 9.59 Å². The Bertz CT molecular complexity index is 1090. The molecule has 1 amide bonds. The quantitative estimate of drug-likeness (QED) is 0.559. The van der Waals surface area contributed by atoms with Gasteiger partial charge < -0.3 is 14.4 Å². The van der Waals surface area contributed by atoms with E-state index in [-0.39, 0.29) is 18.6 Å². The van der Waals surface area contributed by atoms with Crippen molar-refractivity contribution in [2.75, 3.05) is 26.3 Å². The third-order valence-electron chi connectivity index (χ3n) is 5.01. The van der Waals surface area contributed by atoms with Gasteiger partial charge in [-0.15, -0.1) is 11.3 Å². The van der Waals surface area contributed by atoms with Gasteiger partial charge >= 0.3 is 5.97 Å². The highest BCUT2D eigenvalue weighted by molar-refractivity contribution is 7.20. The largest absolute Gasteiger partial charge is 0.451 e. The summed E-state index contributed by atoms with van der Waals surface area (Å²) in [6.45, 7) is 5.57. The number of aryl methyl sites for hydroxylation is 1. The van der Waals surface area contributed by atoms with Gasteiger partial charge in [0.15, 0.2) is 6.61 Å². The van der Waals surface area contributed by atoms with Crippen molar-refractivity contribution in [1.29, 1.82) is 0 Å². The van der Waals surface area contributed by atoms with Crippen LogP contribution in [-0.4, -0.2) is 59.0 Å². The van der Waals surface area contributed by atoms with Crippen LogP contribution in [0.25, 0.3) is 10.2 Å². The van der Waals surface area contributed by atoms with Crippen LogP contribution in [0, 0.1) is 6.92 Å². The Balaban J connectivity index is 1.46. The molecule has 1 fully saturated rings. The Morgan fingerprint density at radius 2 is 2.17 bits per heavy atom. The first-order valence-corrected chi connectivity index (χ1v) is 10.9. The highest BCUT2D eigenvalue weighted by Crippen LogP contribution is 2.30. The topological polar surface area (TPSA) is 73.7 Å². The van der Waals surface area contributed by atoms with Gasteiger partial charge in [0.05, 0.1) is 24.9 Å². The Morgan fingerprint density at radius 3 is 2.93 bits per heavy atom. The molecule has 0 N–H and O–H groups in total. The van der Waals surface area contributed by atoms with Crippen molar-refractivity contribution in [2.45, 2.75) is 26.5 Å². The van der Waals surface area contributed by atoms with E-state index < -0.39 is 5.97 Å². The molecule has 3 heterocycles. The summed E-state index contributed by atoms with van der Waals surface area (Å²) in [5.41, 5.74) is 1.78. The lowest BCUT2D eigenvalue weighted by Gasteiger charge is -2.30. The maximum Gasteiger partial charge on any atom is 0.348 e. The zero-order chi connectivity index (χ0) is 21.3. The summed E-state index contributed by atoms with van der Waals surface area (Å²) in [4.78, 5) is 27.8. The van der Waals surface area contributed by atoms with Crippen LogP contribution >= 0.6 is 22.9 Å². The standard InChI is InChI=1S/C21H22ClN3O4S/c1-13-10-24(7-8-28-13)19(26)12-29-21(27)18-9-16-14(2)23-25(20(16)30-18)11-15-5-3-4-6-17(15)22/h3-6,9,13H,7-8,10-12H2,1-2H3. The number of hydrogen-bond donors (Lipinski definition) is 0. The Hall–Kier alpha value is -2.42. The molecule has 1 aromatic carbocycles. The van der Waals surface area contributed by atoms with Crippen molar-refractivity contribution in [3.05, 3.63) is 51.5 Å². The number of aromatic nitrogens is 2. The number of ether oxygens (including phenoxy) is 2. The van der Waals surface area contributed by atoms with E-state index in [1.807, 2.05) is 42.8 Å². The number of amides is 1. The molecule has 1 aliphatic heterocycles. The average molecular weight is 448 g/mol. The predicted octanol–water partition coefficient (Wildman–Crippen LogP) is 3.51. The van der Waals surface area contributed by atoms with Crippen LogP contribution in [-0.2, 0) is 20.8 Å². The van der Waals surface area contributed by atoms with Gasteiger partial charge in [0.25, 0.3) is 5.91 Å². The fourth-order valence-corrected chi connectivity index (χ4v) is 4.69. The second-order valence-electron chi connectivity index (χ2n) is 7.26. The van der Waals surface area contributed by atoms with Gasteiger partial charge in [-0.2, -0.15) is 5.10 Å². The van der Waals surface area contributed by atoms with E-state index in [1.165, 1.54) is 11.3 Å². The maximum atomic E-state index is 12.5. The summed E-state index contributed by atoms with van der Waals surface area (Å²) >= 11 is 7.58. The van der Waals surface area contributed by atoms with Gasteiger partial charge in [-0.1, -0.05) is 29.8 Å². The van der Waals surface area contributed by atoms with Gasteiger partial charge in [-0.3, -0.25) is 9.48 Å². The molecular weight excluding hydrogens is 426 g/mol. The van der Waals surface area contributed by atoms with Gasteiger partial charge in [0.1, 0.15) is 9.71 Å². The first-order valence-electron chi connectivity index (χ1n) is 9.69. The third kappa shape index (κ3) is 4.35. The molecule has 0 saturated carbocycles. The Labute approximate surface area is 183 Å². The van der Waals surface area contributed by atoms with Crippen molar-refractivity contribution in [1.82, 2.24) is 14.7 Å². The second-order valence-corrected chi connectivity index (χ2v) is 8.70. The second kappa shape index (κ2) is 8.75. The highest BCUT2D eigenvalue weighted by Gasteiger charge is 2.23. The number of fused-ring (bicyclic) bond motifs is 1. The number of thiophene rings is 1. The van der Waals surface area contributed by atoms with Gasteiger partial charge in [-0.25, -0.2) is 4.79 Å². The molecule has 1 atom stereocenters. The van der Waals surface area contributed by atoms with E-state index >= 15 is 0 Å². The fourth-order valence-electron chi connectivity index (χ4n) is 3.44. The monoisotopic (exact) mass is 447 g/mol. The molecule has 0 spiro atoms. The van der Waals surface area contributed by atoms with Crippen molar-refractivity contribution < 1.29 is 19.1 Å². The molecule has 9 heteroatoms. The van der Waals surface area contributed by atoms with Crippen LogP contribution in [0.2, 0.25) is 5.02 Å². The maximum absolute atomic E-state index is 12.5. The molecule has 1 unspecified atom stereocenters. The number of carbonyl (C=O) groups excluding carboxylic acids is 2. The minimum atomic E-state index is -0.505. The fraction of sp³-hybridized carbons (Fsp3) is 0.381. The van der Waals surface area contributed by atoms with Crippen LogP contribution in [0.15, 0.2) is 30.3 Å². The molecule has 2 aromatic heterocycles. The number of benzene rings is 1. The molecule has 4 rings (SSSR count). The number of nitrogens with zero attached hydrogens (tertiary/aromatic N) is 3. The predicted molar refractivity (Wildman–Crippen MR) is 115 cm³/mol. The molecule has 1 saturated heterocycles. The molecule has 7 nitrogen and oxygen atoms in total. The average Bonchev–Trinajstić information content (AvgIpc) is 3.29. The summed E-state index contributed by atoms with van der Waals surface area (Å²) in [7, 11) is 0. The molecular formula is C21H22ClN3O4S. The van der Waals surface area contributed by atoms with Crippen LogP contribution in [0.1, 0.15) is 27.9 Å². The molecule has 0 bridgehead atoms. The van der Waals surface area contributed by atoms with Crippen molar-refractivity contribution in [2.24, 2.45) is 0 Å². The van der Waals surface area contributed by atoms with Crippen LogP contribution < -0.4 is 0 Å². The van der Waals surface area contributed by atoms with Crippen LogP contribution in [0.3, 0.4) is 0 Å². The Morgan fingerprint density at radius 1 is 1.37 bits per heavy atom. The van der Waals surface area contributed by atoms with Gasteiger partial charge in [0.2, 0.25) is 0 Å². The summed E-state index contributed by atoms with van der Waals surface area (Å²) in [5.74, 6) is -0.713. The van der Waals surface area contributed by atoms with E-state index in [2.05, 4.69) is 5.10 Å². The molecule has 158 valence electrons. The minimum Gasteiger partial charge on any atom is -0.451 e. The normalized spacial score (nSPS) is 16.8. The zero-order valence-electron chi connectivity index (χ0n) is 16.8. The molecule has 1 aliphatic rings. The summed E-state index contributed by atoms with van der Waals surface area (Å²) in [6.07, 6.45) is -0.00923. The SMILES string of the molecule is Cc1nn(Cc2ccccc2Cl)c2sc(C(=O)OCC(=O)N3CCOC(C)C3)cc12. The number of hydrogen-bond acceptors (Lipinski definition) is 6. The summed E-state index contributed by atoms with van der Waals surface area (Å²) in [5, 5.41) is 6.14. The van der Waals surface area contributed by atoms with E-state index in [0.717, 1.165) is 21.5 Å². The lowest BCUT2D eigenvalue weighted by molar-refractivity contribution is -0.141. The lowest BCUT2D eigenvalue weighted by atomic mass is 10.2. The van der Waals surface area contributed by atoms with Gasteiger partial charge in [0, 0.05) is 23.5 Å². The molecule has 3 aromatic rings. The smallest absolute Gasteiger partial charge is 0.348 e. The van der Waals surface area contributed by atoms with E-state index in [0.29, 0.717) is 36.1 Å². The minimum absolute atomic E-state index is 0.00923. The Kier molecular flexibility index (Phi) is 6.08. The van der Waals surface area contributed by atoms with Gasteiger partial charge in [-0.05, 0) is 31.5 Å². The van der Waals surface area contributed by atoms with E-state index in [1.54, 1.807) is 11.0 Å². The van der Waals surface area contributed by atoms with Crippen molar-refractivity contribution in [3.8, 4) is 0 Å². The third-order valence-corrected chi connectivity index (χ3v) is 6.50.